The van der Waals surface area contributed by atoms with E-state index in [-0.39, 0.29) is 12.5 Å². The summed E-state index contributed by atoms with van der Waals surface area (Å²) in [5.41, 5.74) is 2.08. The van der Waals surface area contributed by atoms with Crippen LogP contribution in [0.1, 0.15) is 11.3 Å². The fourth-order valence-electron chi connectivity index (χ4n) is 1.87. The summed E-state index contributed by atoms with van der Waals surface area (Å²) in [6.07, 6.45) is 2.53. The van der Waals surface area contributed by atoms with Gasteiger partial charge < -0.3 is 10.6 Å². The van der Waals surface area contributed by atoms with Gasteiger partial charge in [0.15, 0.2) is 0 Å². The van der Waals surface area contributed by atoms with Gasteiger partial charge in [-0.2, -0.15) is 0 Å². The van der Waals surface area contributed by atoms with Crippen molar-refractivity contribution >= 4 is 17.5 Å². The van der Waals surface area contributed by atoms with Crippen molar-refractivity contribution < 1.29 is 4.79 Å². The molecule has 1 amide bonds. The van der Waals surface area contributed by atoms with Crippen LogP contribution in [0.5, 0.6) is 0 Å². The third-order valence-corrected chi connectivity index (χ3v) is 3.22. The van der Waals surface area contributed by atoms with E-state index < -0.39 is 0 Å². The van der Waals surface area contributed by atoms with Gasteiger partial charge >= 0.3 is 0 Å². The number of nitrogens with one attached hydrogen (secondary N) is 2. The molecule has 2 N–H and O–H groups in total. The first-order valence-electron chi connectivity index (χ1n) is 6.86. The first kappa shape index (κ1) is 15.5. The van der Waals surface area contributed by atoms with Gasteiger partial charge in [-0.1, -0.05) is 29.8 Å². The predicted molar refractivity (Wildman–Crippen MR) is 84.1 cm³/mol. The highest BCUT2D eigenvalue weighted by Gasteiger charge is 2.01. The van der Waals surface area contributed by atoms with Gasteiger partial charge in [0, 0.05) is 24.3 Å². The molecule has 0 radical (unpaired) electrons. The van der Waals surface area contributed by atoms with Crippen LogP contribution in [-0.4, -0.2) is 24.0 Å². The summed E-state index contributed by atoms with van der Waals surface area (Å²) < 4.78 is 0. The van der Waals surface area contributed by atoms with Gasteiger partial charge in [0.1, 0.15) is 0 Å². The SMILES string of the molecule is O=C(CNCc1ccccn1)NCCc1ccc(Cl)cc1. The van der Waals surface area contributed by atoms with Gasteiger partial charge in [0.05, 0.1) is 12.2 Å². The molecule has 0 saturated heterocycles. The van der Waals surface area contributed by atoms with Gasteiger partial charge in [-0.05, 0) is 36.2 Å². The summed E-state index contributed by atoms with van der Waals surface area (Å²) in [5, 5.41) is 6.67. The van der Waals surface area contributed by atoms with Crippen LogP contribution in [0, 0.1) is 0 Å². The monoisotopic (exact) mass is 303 g/mol. The summed E-state index contributed by atoms with van der Waals surface area (Å²) in [5.74, 6) is -0.0140. The fraction of sp³-hybridized carbons (Fsp3) is 0.250. The molecule has 110 valence electrons. The van der Waals surface area contributed by atoms with E-state index in [4.69, 9.17) is 11.6 Å². The maximum absolute atomic E-state index is 11.7. The highest BCUT2D eigenvalue weighted by Crippen LogP contribution is 2.09. The predicted octanol–water partition coefficient (Wildman–Crippen LogP) is 2.18. The van der Waals surface area contributed by atoms with Crippen molar-refractivity contribution in [1.29, 1.82) is 0 Å². The summed E-state index contributed by atoms with van der Waals surface area (Å²) >= 11 is 5.82. The van der Waals surface area contributed by atoms with Crippen LogP contribution in [-0.2, 0) is 17.8 Å². The van der Waals surface area contributed by atoms with E-state index in [1.165, 1.54) is 0 Å². The lowest BCUT2D eigenvalue weighted by Crippen LogP contribution is -2.34. The smallest absolute Gasteiger partial charge is 0.233 e. The molecule has 0 fully saturated rings. The van der Waals surface area contributed by atoms with E-state index in [0.29, 0.717) is 13.1 Å². The second kappa shape index (κ2) is 8.39. The largest absolute Gasteiger partial charge is 0.355 e. The molecule has 2 rings (SSSR count). The molecule has 1 aromatic heterocycles. The topological polar surface area (TPSA) is 54.0 Å². The van der Waals surface area contributed by atoms with Gasteiger partial charge in [-0.15, -0.1) is 0 Å². The molecule has 4 nitrogen and oxygen atoms in total. The summed E-state index contributed by atoms with van der Waals surface area (Å²) in [6, 6.07) is 13.4. The Morgan fingerprint density at radius 3 is 2.67 bits per heavy atom. The highest BCUT2D eigenvalue weighted by atomic mass is 35.5. The molecule has 0 atom stereocenters. The zero-order valence-corrected chi connectivity index (χ0v) is 12.4. The van der Waals surface area contributed by atoms with Crippen LogP contribution in [0.3, 0.4) is 0 Å². The van der Waals surface area contributed by atoms with Crippen molar-refractivity contribution in [2.45, 2.75) is 13.0 Å². The Hall–Kier alpha value is -1.91. The minimum atomic E-state index is -0.0140. The van der Waals surface area contributed by atoms with Crippen molar-refractivity contribution in [1.82, 2.24) is 15.6 Å². The quantitative estimate of drug-likeness (QED) is 0.824. The molecule has 21 heavy (non-hydrogen) atoms. The van der Waals surface area contributed by atoms with Crippen molar-refractivity contribution in [2.75, 3.05) is 13.1 Å². The molecule has 2 aromatic rings. The third-order valence-electron chi connectivity index (χ3n) is 2.97. The molecule has 5 heteroatoms. The molecule has 0 aliphatic rings. The Balaban J connectivity index is 1.60. The Morgan fingerprint density at radius 2 is 1.95 bits per heavy atom. The van der Waals surface area contributed by atoms with E-state index >= 15 is 0 Å². The van der Waals surface area contributed by atoms with E-state index in [0.717, 1.165) is 22.7 Å². The van der Waals surface area contributed by atoms with Crippen LogP contribution in [0.4, 0.5) is 0 Å². The molecular weight excluding hydrogens is 286 g/mol. The average Bonchev–Trinajstić information content (AvgIpc) is 2.50. The molecular formula is C16H18ClN3O. The first-order valence-corrected chi connectivity index (χ1v) is 7.23. The van der Waals surface area contributed by atoms with Gasteiger partial charge in [0.25, 0.3) is 0 Å². The molecule has 1 heterocycles. The average molecular weight is 304 g/mol. The zero-order valence-electron chi connectivity index (χ0n) is 11.7. The lowest BCUT2D eigenvalue weighted by Gasteiger charge is -2.07. The van der Waals surface area contributed by atoms with Crippen LogP contribution < -0.4 is 10.6 Å². The van der Waals surface area contributed by atoms with Gasteiger partial charge in [0.2, 0.25) is 5.91 Å². The lowest BCUT2D eigenvalue weighted by atomic mass is 10.1. The number of hydrogen-bond donors (Lipinski definition) is 2. The standard InChI is InChI=1S/C16H18ClN3O/c17-14-6-4-13(5-7-14)8-10-20-16(21)12-18-11-15-3-1-2-9-19-15/h1-7,9,18H,8,10-12H2,(H,20,21). The van der Waals surface area contributed by atoms with Crippen LogP contribution in [0.25, 0.3) is 0 Å². The molecule has 0 unspecified atom stereocenters. The van der Waals surface area contributed by atoms with E-state index in [1.807, 2.05) is 42.5 Å². The number of pyridine rings is 1. The van der Waals surface area contributed by atoms with E-state index in [2.05, 4.69) is 15.6 Å². The van der Waals surface area contributed by atoms with Crippen LogP contribution >= 0.6 is 11.6 Å². The second-order valence-corrected chi connectivity index (χ2v) is 5.09. The number of rotatable bonds is 7. The summed E-state index contributed by atoms with van der Waals surface area (Å²) in [7, 11) is 0. The number of halogens is 1. The molecule has 0 spiro atoms. The van der Waals surface area contributed by atoms with Crippen LogP contribution in [0.15, 0.2) is 48.7 Å². The minimum absolute atomic E-state index is 0.0140. The van der Waals surface area contributed by atoms with Crippen molar-refractivity contribution in [3.8, 4) is 0 Å². The fourth-order valence-corrected chi connectivity index (χ4v) is 1.99. The third kappa shape index (κ3) is 5.94. The lowest BCUT2D eigenvalue weighted by molar-refractivity contribution is -0.120. The summed E-state index contributed by atoms with van der Waals surface area (Å²) in [4.78, 5) is 15.8. The number of carbonyl (C=O) groups excluding carboxylic acids is 1. The number of hydrogen-bond acceptors (Lipinski definition) is 3. The first-order chi connectivity index (χ1) is 10.2. The Labute approximate surface area is 129 Å². The van der Waals surface area contributed by atoms with Gasteiger partial charge in [-0.3, -0.25) is 9.78 Å². The number of carbonyl (C=O) groups is 1. The molecule has 1 aromatic carbocycles. The number of benzene rings is 1. The molecule has 0 aliphatic carbocycles. The number of nitrogens with zero attached hydrogens (tertiary/aromatic N) is 1. The van der Waals surface area contributed by atoms with Crippen molar-refractivity contribution in [3.63, 3.8) is 0 Å². The normalized spacial score (nSPS) is 10.3. The molecule has 0 bridgehead atoms. The van der Waals surface area contributed by atoms with E-state index in [9.17, 15) is 4.79 Å². The molecule has 0 aliphatic heterocycles. The number of aromatic nitrogens is 1. The highest BCUT2D eigenvalue weighted by molar-refractivity contribution is 6.30. The van der Waals surface area contributed by atoms with Crippen LogP contribution in [0.2, 0.25) is 5.02 Å². The zero-order chi connectivity index (χ0) is 14.9. The van der Waals surface area contributed by atoms with Crippen molar-refractivity contribution in [3.05, 3.63) is 64.9 Å². The minimum Gasteiger partial charge on any atom is -0.355 e. The second-order valence-electron chi connectivity index (χ2n) is 4.65. The Kier molecular flexibility index (Phi) is 6.19. The molecule has 0 saturated carbocycles. The van der Waals surface area contributed by atoms with E-state index in [1.54, 1.807) is 6.20 Å². The van der Waals surface area contributed by atoms with Gasteiger partial charge in [-0.25, -0.2) is 0 Å². The van der Waals surface area contributed by atoms with Crippen molar-refractivity contribution in [2.24, 2.45) is 0 Å². The Morgan fingerprint density at radius 1 is 1.14 bits per heavy atom. The maximum atomic E-state index is 11.7. The number of amides is 1. The summed E-state index contributed by atoms with van der Waals surface area (Å²) in [6.45, 7) is 1.49. The Bertz CT molecular complexity index is 557. The maximum Gasteiger partial charge on any atom is 0.233 e.